The van der Waals surface area contributed by atoms with Gasteiger partial charge in [-0.2, -0.15) is 0 Å². The Morgan fingerprint density at radius 2 is 1.00 bits per heavy atom. The summed E-state index contributed by atoms with van der Waals surface area (Å²) in [7, 11) is 5.52. The summed E-state index contributed by atoms with van der Waals surface area (Å²) in [5, 5.41) is 11.7. The largest absolute Gasteiger partial charge is 1.00 e. The van der Waals surface area contributed by atoms with Crippen LogP contribution in [0.4, 0.5) is 0 Å². The van der Waals surface area contributed by atoms with E-state index in [9.17, 15) is 53.1 Å². The number of hydrogen-bond donors (Lipinski definition) is 2. The first-order valence-electron chi connectivity index (χ1n) is 38.9. The number of rotatable bonds is 39. The van der Waals surface area contributed by atoms with Gasteiger partial charge >= 0.3 is 96.1 Å². The van der Waals surface area contributed by atoms with Crippen molar-refractivity contribution in [3.05, 3.63) is 168 Å². The third kappa shape index (κ3) is 59.6. The molecule has 1 saturated heterocycles. The maximum atomic E-state index is 12.0. The van der Waals surface area contributed by atoms with Crippen LogP contribution in [0.5, 0.6) is 0 Å². The predicted molar refractivity (Wildman–Crippen MR) is 485 cm³/mol. The van der Waals surface area contributed by atoms with E-state index in [4.69, 9.17) is 117 Å². The smallest absolute Gasteiger partial charge is 1.00 e. The van der Waals surface area contributed by atoms with Crippen molar-refractivity contribution in [2.75, 3.05) is 119 Å². The van der Waals surface area contributed by atoms with Crippen LogP contribution in [0.1, 0.15) is 171 Å². The van der Waals surface area contributed by atoms with Crippen molar-refractivity contribution in [1.82, 2.24) is 23.8 Å². The van der Waals surface area contributed by atoms with Gasteiger partial charge in [0.05, 0.1) is 128 Å². The molecule has 40 heteroatoms. The molecule has 681 valence electrons. The van der Waals surface area contributed by atoms with Crippen LogP contribution in [-0.4, -0.2) is 226 Å². The third-order valence-electron chi connectivity index (χ3n) is 14.5. The monoisotopic (exact) mass is 2000 g/mol. The maximum Gasteiger partial charge on any atom is 1.00 e. The van der Waals surface area contributed by atoms with Crippen molar-refractivity contribution >= 4 is 194 Å². The number of aldehydes is 3. The van der Waals surface area contributed by atoms with Gasteiger partial charge in [-0.25, -0.2) is 14.6 Å². The van der Waals surface area contributed by atoms with Gasteiger partial charge in [0.25, 0.3) is 0 Å². The van der Waals surface area contributed by atoms with Gasteiger partial charge in [0.1, 0.15) is 24.0 Å². The minimum Gasteiger partial charge on any atom is -1.00 e. The Morgan fingerprint density at radius 1 is 0.569 bits per heavy atom. The molecule has 7 aromatic heterocycles. The van der Waals surface area contributed by atoms with E-state index in [0.717, 1.165) is 95.2 Å². The molecule has 8 rings (SSSR count). The standard InChI is InChI=1S/C15H18ClNO3.C13H14ClNO3.C11H12ClNO4.C9H10ClNO2.C8H16O3.2C6H11BrO2.C6H12O2.C5H3Cl2N.C4H6O2.BHNS.Na.H/c1-3-19-9-7-11-10-12(15(18)20-4-2)14-13(16)6-5-8-17(11)14;1-2-18-7-5-9-8-10(13(16)17)12-11(14)4-3-6-15(9)12;1-3-17-11(15)8(10(14)16-2)9-7(12)5-4-6-13-9;1-2-13-9(12)6-8-7(10)4-3-5-11-8;1-3-10-7-5-6-8(9)11-4-2;2*1-2-9-4-3-6(7)5-8;1-2-8-6-4-3-5-7;6-4-2-1-3-8-5(4)7;5-4-2-1-3-6-4;1-2-3;;/h5-6,8,10H,3-4,7,9H2,1-2H3;3-4,6,8H,2,5,7H2,1H3,(H,16,17);4-6,8H,3H2,1-2H3;3-5H,2,6H2,1H3;3-7H2,1-2H3;2*5-6H,2-4H2,1H3;5H,2-4,6H2,1H3;1-3H;1-3H2;3H;;/q;;;;;;;;;;;+1;-1. The number of hydrogen-bond acceptors (Lipinski definition) is 27. The van der Waals surface area contributed by atoms with E-state index in [1.807, 2.05) is 74.9 Å². The Morgan fingerprint density at radius 3 is 1.40 bits per heavy atom. The number of nitrogens with zero attached hydrogens (tertiary/aromatic N) is 6. The second-order valence-corrected chi connectivity index (χ2v) is 28.2. The van der Waals surface area contributed by atoms with Gasteiger partial charge in [-0.15, -0.1) is 0 Å². The number of carboxylic acid groups (broad SMARTS) is 1. The molecule has 7 aromatic rings. The number of halogens is 8. The zero-order valence-corrected chi connectivity index (χ0v) is 82.3. The fourth-order valence-electron chi connectivity index (χ4n) is 9.06. The second-order valence-electron chi connectivity index (χ2n) is 23.3. The zero-order chi connectivity index (χ0) is 92.3. The molecule has 1 N–H and O–H groups in total. The van der Waals surface area contributed by atoms with Gasteiger partial charge in [-0.1, -0.05) is 101 Å². The number of thiol groups is 1. The number of alkyl halides is 2. The number of carbonyl (C=O) groups excluding carboxylic acids is 9. The summed E-state index contributed by atoms with van der Waals surface area (Å²) < 4.78 is 65.6. The number of carbonyl (C=O) groups is 10. The van der Waals surface area contributed by atoms with Gasteiger partial charge in [0.15, 0.2) is 5.92 Å². The zero-order valence-electron chi connectivity index (χ0n) is 72.7. The number of unbranched alkanes of at least 4 members (excludes halogenated alkanes) is 1. The summed E-state index contributed by atoms with van der Waals surface area (Å²) in [5.74, 6) is -4.51. The van der Waals surface area contributed by atoms with Gasteiger partial charge < -0.3 is 86.6 Å². The average molecular weight is 2000 g/mol. The number of esters is 6. The van der Waals surface area contributed by atoms with E-state index in [1.54, 1.807) is 101 Å². The average Bonchev–Trinajstić information content (AvgIpc) is 1.63. The van der Waals surface area contributed by atoms with Gasteiger partial charge in [0, 0.05) is 141 Å². The molecule has 1 fully saturated rings. The molecule has 3 atom stereocenters. The molecule has 8 heterocycles. The molecule has 0 spiro atoms. The second kappa shape index (κ2) is 82.9. The molecule has 0 aliphatic carbocycles. The SMILES string of the molecule is CCOC(=O)C(C(=O)OC)c1ncccc1Cl.CCOC(=O)Cc1ncccc1Cl.CCOCCC(Br)C=O.CCOCCC(Br)C=O.CCOCCCC(=O)OCC.CCOCCCC=O.CCOCCc1cc(C(=O)O)c2c(Cl)cccn12.CCOCCc1cc(C(=O)OCC)c2c(Cl)cccn12.Clc1cccnc1Cl.O=C1CCCO1.[B]=NS.[H-].[Na+]. The van der Waals surface area contributed by atoms with Crippen molar-refractivity contribution < 1.29 is 141 Å². The van der Waals surface area contributed by atoms with Crippen LogP contribution < -0.4 is 29.6 Å². The quantitative estimate of drug-likeness (QED) is 0.00416. The molecular weight excluding hydrogens is 1890 g/mol. The third-order valence-corrected chi connectivity index (χ3v) is 17.9. The van der Waals surface area contributed by atoms with Crippen LogP contribution >= 0.6 is 114 Å². The summed E-state index contributed by atoms with van der Waals surface area (Å²) in [6.07, 6.45) is 18.3. The molecular formula is C83H115BBr2Cl6N6NaO23S. The summed E-state index contributed by atoms with van der Waals surface area (Å²) in [5.41, 5.74) is 4.53. The molecule has 0 bridgehead atoms. The molecule has 0 amide bonds. The number of carboxylic acids is 1. The number of cyclic esters (lactones) is 1. The van der Waals surface area contributed by atoms with Crippen LogP contribution in [0.15, 0.2) is 108 Å². The number of fused-ring (bicyclic) bond motifs is 2. The minimum absolute atomic E-state index is 0. The first-order valence-corrected chi connectivity index (χ1v) is 43.4. The number of methoxy groups -OCH3 is 1. The Hall–Kier alpha value is -6.06. The fraction of sp³-hybridized carbons (Fsp3) is 0.506. The molecule has 0 saturated carbocycles. The van der Waals surface area contributed by atoms with Crippen LogP contribution in [-0.2, 0) is 114 Å². The summed E-state index contributed by atoms with van der Waals surface area (Å²) in [4.78, 5) is 119. The number of ether oxygens (including phenoxy) is 12. The molecule has 3 unspecified atom stereocenters. The number of pyridine rings is 5. The first-order chi connectivity index (χ1) is 58.6. The van der Waals surface area contributed by atoms with Crippen LogP contribution in [0.3, 0.4) is 0 Å². The Labute approximate surface area is 798 Å². The van der Waals surface area contributed by atoms with Gasteiger partial charge in [-0.3, -0.25) is 33.9 Å². The summed E-state index contributed by atoms with van der Waals surface area (Å²) in [6.45, 7) is 28.7. The van der Waals surface area contributed by atoms with Crippen molar-refractivity contribution in [3.63, 3.8) is 0 Å². The van der Waals surface area contributed by atoms with Crippen molar-refractivity contribution in [1.29, 1.82) is 0 Å². The summed E-state index contributed by atoms with van der Waals surface area (Å²) in [6, 6.07) is 20.6. The molecule has 29 nitrogen and oxygen atoms in total. The normalized spacial score (nSPS) is 11.1. The Bertz CT molecular complexity index is 4020. The predicted octanol–water partition coefficient (Wildman–Crippen LogP) is 14.7. The Balaban J connectivity index is -0.000000429. The van der Waals surface area contributed by atoms with E-state index in [0.29, 0.717) is 153 Å². The van der Waals surface area contributed by atoms with Gasteiger partial charge in [0.2, 0.25) is 0 Å². The minimum atomic E-state index is -1.24. The number of aromatic carboxylic acids is 1. The van der Waals surface area contributed by atoms with E-state index in [2.05, 4.69) is 81.0 Å². The molecule has 1 aliphatic heterocycles. The summed E-state index contributed by atoms with van der Waals surface area (Å²) >= 11 is 44.5. The Kier molecular flexibility index (Phi) is 83.1. The van der Waals surface area contributed by atoms with Crippen molar-refractivity contribution in [3.8, 4) is 0 Å². The molecule has 1 radical (unpaired) electrons. The van der Waals surface area contributed by atoms with E-state index in [-0.39, 0.29) is 93.8 Å². The van der Waals surface area contributed by atoms with E-state index >= 15 is 0 Å². The van der Waals surface area contributed by atoms with Crippen LogP contribution in [0.25, 0.3) is 11.0 Å². The van der Waals surface area contributed by atoms with Crippen LogP contribution in [0.2, 0.25) is 30.3 Å². The fourth-order valence-corrected chi connectivity index (χ4v) is 10.6. The molecule has 123 heavy (non-hydrogen) atoms. The van der Waals surface area contributed by atoms with E-state index < -0.39 is 23.8 Å². The van der Waals surface area contributed by atoms with E-state index in [1.165, 1.54) is 13.3 Å². The first kappa shape index (κ1) is 123. The van der Waals surface area contributed by atoms with Crippen LogP contribution in [0, 0.1) is 0 Å². The molecule has 0 aromatic carbocycles. The maximum absolute atomic E-state index is 12.0. The van der Waals surface area contributed by atoms with Gasteiger partial charge in [-0.05, 0) is 174 Å². The van der Waals surface area contributed by atoms with Crippen molar-refractivity contribution in [2.24, 2.45) is 4.30 Å². The van der Waals surface area contributed by atoms with Crippen molar-refractivity contribution in [2.45, 2.75) is 155 Å². The molecule has 1 aliphatic rings. The number of aromatic nitrogens is 5. The topological polar surface area (TPSA) is 362 Å².